The Morgan fingerprint density at radius 1 is 1.03 bits per heavy atom. The first-order valence-corrected chi connectivity index (χ1v) is 13.0. The van der Waals surface area contributed by atoms with Crippen LogP contribution in [0.5, 0.6) is 11.5 Å². The predicted molar refractivity (Wildman–Crippen MR) is 145 cm³/mol. The molecule has 3 aromatic heterocycles. The predicted octanol–water partition coefficient (Wildman–Crippen LogP) is 4.15. The Labute approximate surface area is 226 Å². The van der Waals surface area contributed by atoms with E-state index in [9.17, 15) is 14.7 Å². The minimum Gasteiger partial charge on any atom is -0.505 e. The van der Waals surface area contributed by atoms with Gasteiger partial charge in [0.05, 0.1) is 36.8 Å². The lowest BCUT2D eigenvalue weighted by Gasteiger charge is -2.26. The third-order valence-electron chi connectivity index (χ3n) is 6.73. The van der Waals surface area contributed by atoms with Gasteiger partial charge in [0.15, 0.2) is 17.3 Å². The average Bonchev–Trinajstić information content (AvgIpc) is 3.62. The van der Waals surface area contributed by atoms with Gasteiger partial charge in [0, 0.05) is 31.7 Å². The average molecular weight is 530 g/mol. The highest BCUT2D eigenvalue weighted by atomic mass is 16.5. The van der Waals surface area contributed by atoms with E-state index in [-0.39, 0.29) is 11.3 Å². The molecule has 10 nitrogen and oxygen atoms in total. The second-order valence-electron chi connectivity index (χ2n) is 9.19. The van der Waals surface area contributed by atoms with E-state index < -0.39 is 17.7 Å². The molecule has 0 bridgehead atoms. The molecule has 0 saturated carbocycles. The van der Waals surface area contributed by atoms with E-state index in [1.54, 1.807) is 42.2 Å². The van der Waals surface area contributed by atoms with Gasteiger partial charge < -0.3 is 24.0 Å². The van der Waals surface area contributed by atoms with Crippen molar-refractivity contribution in [3.05, 3.63) is 83.8 Å². The molecule has 1 aliphatic heterocycles. The molecule has 1 saturated heterocycles. The quantitative estimate of drug-likeness (QED) is 0.187. The number of aryl methyl sites for hydroxylation is 2. The van der Waals surface area contributed by atoms with Crippen LogP contribution < -0.4 is 9.47 Å². The third kappa shape index (κ3) is 4.85. The number of hydrogen-bond acceptors (Lipinski definition) is 7. The summed E-state index contributed by atoms with van der Waals surface area (Å²) in [6.45, 7) is 7.32. The van der Waals surface area contributed by atoms with Gasteiger partial charge in [-0.25, -0.2) is 9.97 Å². The number of aliphatic hydroxyl groups excluding tert-OH is 1. The van der Waals surface area contributed by atoms with Crippen LogP contribution in [-0.4, -0.2) is 60.4 Å². The molecule has 0 radical (unpaired) electrons. The Balaban J connectivity index is 1.63. The first-order chi connectivity index (χ1) is 18.9. The molecule has 5 rings (SSSR count). The van der Waals surface area contributed by atoms with Crippen LogP contribution in [0.3, 0.4) is 0 Å². The summed E-state index contributed by atoms with van der Waals surface area (Å²) in [4.78, 5) is 37.1. The Bertz CT molecular complexity index is 1540. The van der Waals surface area contributed by atoms with Crippen LogP contribution in [0.4, 0.5) is 0 Å². The number of carbonyl (C=O) groups excluding carboxylic acids is 2. The fourth-order valence-electron chi connectivity index (χ4n) is 5.06. The number of imidazole rings is 2. The lowest BCUT2D eigenvalue weighted by molar-refractivity contribution is -0.139. The maximum Gasteiger partial charge on any atom is 0.295 e. The molecule has 1 N–H and O–H groups in total. The van der Waals surface area contributed by atoms with Crippen LogP contribution in [0.25, 0.3) is 11.4 Å². The molecular formula is C29H31N5O5. The molecule has 1 aromatic carbocycles. The van der Waals surface area contributed by atoms with Gasteiger partial charge in [0.25, 0.3) is 11.7 Å². The van der Waals surface area contributed by atoms with Crippen LogP contribution in [0, 0.1) is 6.92 Å². The van der Waals surface area contributed by atoms with Gasteiger partial charge >= 0.3 is 0 Å². The number of amides is 1. The number of ketones is 1. The van der Waals surface area contributed by atoms with Crippen molar-refractivity contribution in [2.45, 2.75) is 39.8 Å². The normalized spacial score (nSPS) is 16.8. The van der Waals surface area contributed by atoms with Crippen molar-refractivity contribution in [1.29, 1.82) is 0 Å². The van der Waals surface area contributed by atoms with Gasteiger partial charge in [-0.3, -0.25) is 14.0 Å². The smallest absolute Gasteiger partial charge is 0.295 e. The van der Waals surface area contributed by atoms with Crippen molar-refractivity contribution in [1.82, 2.24) is 23.8 Å². The molecule has 0 aliphatic carbocycles. The molecule has 1 atom stereocenters. The number of likely N-dealkylation sites (tertiary alicyclic amines) is 1. The molecular weight excluding hydrogens is 498 g/mol. The number of hydrogen-bond donors (Lipinski definition) is 1. The molecule has 39 heavy (non-hydrogen) atoms. The Hall–Kier alpha value is -4.60. The molecule has 1 unspecified atom stereocenters. The van der Waals surface area contributed by atoms with Crippen molar-refractivity contribution < 1.29 is 24.2 Å². The summed E-state index contributed by atoms with van der Waals surface area (Å²) in [5.41, 5.74) is 2.20. The molecule has 0 spiro atoms. The fourth-order valence-corrected chi connectivity index (χ4v) is 5.06. The SMILES string of the molecule is CCOc1ccc(C2C(=C(O)c3c(C)nc4ccccn34)C(=O)C(=O)N2CCCn2ccnc2)cc1OCC. The number of rotatable bonds is 10. The summed E-state index contributed by atoms with van der Waals surface area (Å²) in [5.74, 6) is -0.592. The number of aromatic nitrogens is 4. The monoisotopic (exact) mass is 529 g/mol. The van der Waals surface area contributed by atoms with Crippen molar-refractivity contribution in [3.8, 4) is 11.5 Å². The largest absolute Gasteiger partial charge is 0.505 e. The maximum absolute atomic E-state index is 13.5. The maximum atomic E-state index is 13.5. The van der Waals surface area contributed by atoms with E-state index in [1.165, 1.54) is 4.90 Å². The number of pyridine rings is 1. The fraction of sp³-hybridized carbons (Fsp3) is 0.310. The van der Waals surface area contributed by atoms with Gasteiger partial charge in [-0.1, -0.05) is 12.1 Å². The minimum absolute atomic E-state index is 0.0167. The summed E-state index contributed by atoms with van der Waals surface area (Å²) < 4.78 is 15.2. The van der Waals surface area contributed by atoms with Gasteiger partial charge in [-0.2, -0.15) is 0 Å². The zero-order valence-corrected chi connectivity index (χ0v) is 22.2. The van der Waals surface area contributed by atoms with Crippen molar-refractivity contribution in [2.75, 3.05) is 19.8 Å². The van der Waals surface area contributed by atoms with Crippen LogP contribution in [-0.2, 0) is 16.1 Å². The molecule has 1 aliphatic rings. The van der Waals surface area contributed by atoms with Gasteiger partial charge in [-0.15, -0.1) is 0 Å². The van der Waals surface area contributed by atoms with E-state index in [1.807, 2.05) is 48.9 Å². The van der Waals surface area contributed by atoms with E-state index in [4.69, 9.17) is 9.47 Å². The third-order valence-corrected chi connectivity index (χ3v) is 6.73. The van der Waals surface area contributed by atoms with Crippen molar-refractivity contribution >= 4 is 23.1 Å². The molecule has 1 fully saturated rings. The topological polar surface area (TPSA) is 111 Å². The zero-order valence-electron chi connectivity index (χ0n) is 22.2. The summed E-state index contributed by atoms with van der Waals surface area (Å²) in [6.07, 6.45) is 7.61. The van der Waals surface area contributed by atoms with E-state index in [0.29, 0.717) is 66.8 Å². The molecule has 4 aromatic rings. The highest BCUT2D eigenvalue weighted by molar-refractivity contribution is 6.46. The molecule has 4 heterocycles. The second-order valence-corrected chi connectivity index (χ2v) is 9.19. The first kappa shape index (κ1) is 26.0. The number of fused-ring (bicyclic) bond motifs is 1. The molecule has 1 amide bonds. The lowest BCUT2D eigenvalue weighted by atomic mass is 9.95. The number of aliphatic hydroxyl groups is 1. The van der Waals surface area contributed by atoms with Crippen LogP contribution in [0.15, 0.2) is 66.9 Å². The number of Topliss-reactive ketones (excluding diaryl/α,β-unsaturated/α-hetero) is 1. The van der Waals surface area contributed by atoms with Gasteiger partial charge in [-0.05, 0) is 57.0 Å². The zero-order chi connectivity index (χ0) is 27.5. The van der Waals surface area contributed by atoms with Gasteiger partial charge in [0.1, 0.15) is 11.3 Å². The number of nitrogens with zero attached hydrogens (tertiary/aromatic N) is 5. The molecule has 10 heteroatoms. The van der Waals surface area contributed by atoms with E-state index in [2.05, 4.69) is 9.97 Å². The van der Waals surface area contributed by atoms with Crippen LogP contribution in [0.1, 0.15) is 43.3 Å². The highest BCUT2D eigenvalue weighted by Gasteiger charge is 2.46. The summed E-state index contributed by atoms with van der Waals surface area (Å²) in [6, 6.07) is 10.0. The first-order valence-electron chi connectivity index (χ1n) is 13.0. The van der Waals surface area contributed by atoms with Crippen molar-refractivity contribution in [2.24, 2.45) is 0 Å². The Morgan fingerprint density at radius 3 is 2.56 bits per heavy atom. The second kappa shape index (κ2) is 11.0. The van der Waals surface area contributed by atoms with Crippen molar-refractivity contribution in [3.63, 3.8) is 0 Å². The van der Waals surface area contributed by atoms with Gasteiger partial charge in [0.2, 0.25) is 0 Å². The highest BCUT2D eigenvalue weighted by Crippen LogP contribution is 2.42. The summed E-state index contributed by atoms with van der Waals surface area (Å²) in [7, 11) is 0. The summed E-state index contributed by atoms with van der Waals surface area (Å²) in [5, 5.41) is 11.7. The van der Waals surface area contributed by atoms with E-state index >= 15 is 0 Å². The summed E-state index contributed by atoms with van der Waals surface area (Å²) >= 11 is 0. The lowest BCUT2D eigenvalue weighted by Crippen LogP contribution is -2.31. The number of carbonyl (C=O) groups is 2. The molecule has 202 valence electrons. The van der Waals surface area contributed by atoms with Crippen LogP contribution >= 0.6 is 0 Å². The van der Waals surface area contributed by atoms with Crippen LogP contribution in [0.2, 0.25) is 0 Å². The number of ether oxygens (including phenoxy) is 2. The minimum atomic E-state index is -0.823. The standard InChI is InChI=1S/C29H31N5O5/c1-4-38-21-11-10-20(17-22(21)39-5-2)26-24(27(35)25-19(3)31-23-9-6-7-14-33(23)25)28(36)29(37)34(26)15-8-13-32-16-12-30-18-32/h6-7,9-12,14,16-18,26,35H,4-5,8,13,15H2,1-3H3. The number of benzene rings is 1. The van der Waals surface area contributed by atoms with E-state index in [0.717, 1.165) is 0 Å². The Kier molecular flexibility index (Phi) is 7.36. The Morgan fingerprint density at radius 2 is 1.82 bits per heavy atom.